The summed E-state index contributed by atoms with van der Waals surface area (Å²) in [5.41, 5.74) is 1.76. The van der Waals surface area contributed by atoms with Crippen molar-refractivity contribution in [3.8, 4) is 6.07 Å². The maximum absolute atomic E-state index is 11.0. The zero-order valence-corrected chi connectivity index (χ0v) is 6.20. The highest BCUT2D eigenvalue weighted by Crippen LogP contribution is 2.22. The molecule has 0 amide bonds. The first-order chi connectivity index (χ1) is 5.83. The Morgan fingerprint density at radius 1 is 1.50 bits per heavy atom. The number of benzene rings is 1. The molecule has 0 N–H and O–H groups in total. The van der Waals surface area contributed by atoms with Crippen LogP contribution in [0.3, 0.4) is 0 Å². The number of carbonyl (C=O) groups excluding carboxylic acids is 1. The molecule has 0 saturated heterocycles. The number of cyclic esters (lactones) is 1. The average molecular weight is 159 g/mol. The molecule has 0 aromatic heterocycles. The van der Waals surface area contributed by atoms with E-state index < -0.39 is 0 Å². The third-order valence-electron chi connectivity index (χ3n) is 1.86. The number of ether oxygens (including phenoxy) is 1. The molecule has 2 rings (SSSR count). The normalized spacial score (nSPS) is 13.4. The van der Waals surface area contributed by atoms with Crippen LogP contribution in [0.1, 0.15) is 21.5 Å². The van der Waals surface area contributed by atoms with Gasteiger partial charge in [-0.1, -0.05) is 6.07 Å². The summed E-state index contributed by atoms with van der Waals surface area (Å²) in [6, 6.07) is 7.05. The molecule has 0 bridgehead atoms. The van der Waals surface area contributed by atoms with Gasteiger partial charge < -0.3 is 4.74 Å². The Morgan fingerprint density at radius 3 is 3.08 bits per heavy atom. The van der Waals surface area contributed by atoms with Gasteiger partial charge in [0.1, 0.15) is 6.61 Å². The van der Waals surface area contributed by atoms with Gasteiger partial charge in [0.05, 0.1) is 17.2 Å². The van der Waals surface area contributed by atoms with Crippen molar-refractivity contribution in [1.82, 2.24) is 0 Å². The number of carbonyl (C=O) groups is 1. The van der Waals surface area contributed by atoms with Crippen LogP contribution in [-0.2, 0) is 11.3 Å². The molecule has 0 saturated carbocycles. The van der Waals surface area contributed by atoms with Crippen LogP contribution in [0.5, 0.6) is 0 Å². The number of fused-ring (bicyclic) bond motifs is 1. The van der Waals surface area contributed by atoms with Crippen molar-refractivity contribution in [1.29, 1.82) is 5.26 Å². The van der Waals surface area contributed by atoms with Gasteiger partial charge in [0.25, 0.3) is 0 Å². The lowest BCUT2D eigenvalue weighted by Gasteiger charge is -1.94. The maximum Gasteiger partial charge on any atom is 0.338 e. The summed E-state index contributed by atoms with van der Waals surface area (Å²) in [7, 11) is 0. The van der Waals surface area contributed by atoms with Crippen molar-refractivity contribution < 1.29 is 9.53 Å². The van der Waals surface area contributed by atoms with Crippen molar-refractivity contribution in [2.45, 2.75) is 6.61 Å². The molecular formula is C9H5NO2. The predicted molar refractivity (Wildman–Crippen MR) is 40.3 cm³/mol. The van der Waals surface area contributed by atoms with Gasteiger partial charge in [0, 0.05) is 5.56 Å². The first kappa shape index (κ1) is 6.86. The Labute approximate surface area is 69.2 Å². The second kappa shape index (κ2) is 2.35. The summed E-state index contributed by atoms with van der Waals surface area (Å²) in [6.07, 6.45) is 0. The van der Waals surface area contributed by atoms with Gasteiger partial charge in [-0.25, -0.2) is 4.79 Å². The van der Waals surface area contributed by atoms with Gasteiger partial charge in [-0.15, -0.1) is 0 Å². The van der Waals surface area contributed by atoms with E-state index in [1.54, 1.807) is 18.2 Å². The third kappa shape index (κ3) is 0.785. The number of esters is 1. The predicted octanol–water partition coefficient (Wildman–Crippen LogP) is 1.23. The number of hydrogen-bond donors (Lipinski definition) is 0. The van der Waals surface area contributed by atoms with Crippen LogP contribution in [0.25, 0.3) is 0 Å². The molecule has 3 nitrogen and oxygen atoms in total. The van der Waals surface area contributed by atoms with Gasteiger partial charge in [-0.3, -0.25) is 0 Å². The zero-order chi connectivity index (χ0) is 8.55. The molecular weight excluding hydrogens is 154 g/mol. The molecule has 1 heterocycles. The molecule has 0 spiro atoms. The molecule has 12 heavy (non-hydrogen) atoms. The SMILES string of the molecule is N#Cc1cccc2c1COC2=O. The van der Waals surface area contributed by atoms with Crippen molar-refractivity contribution in [2.75, 3.05) is 0 Å². The lowest BCUT2D eigenvalue weighted by molar-refractivity contribution is 0.0535. The van der Waals surface area contributed by atoms with E-state index in [2.05, 4.69) is 0 Å². The van der Waals surface area contributed by atoms with Crippen LogP contribution in [0.15, 0.2) is 18.2 Å². The van der Waals surface area contributed by atoms with Gasteiger partial charge in [0.2, 0.25) is 0 Å². The summed E-state index contributed by atoms with van der Waals surface area (Å²) in [5.74, 6) is -0.331. The minimum atomic E-state index is -0.331. The minimum absolute atomic E-state index is 0.234. The van der Waals surface area contributed by atoms with Gasteiger partial charge in [-0.05, 0) is 12.1 Å². The molecule has 0 unspecified atom stereocenters. The second-order valence-electron chi connectivity index (χ2n) is 2.52. The summed E-state index contributed by atoms with van der Waals surface area (Å²) >= 11 is 0. The topological polar surface area (TPSA) is 50.1 Å². The highest BCUT2D eigenvalue weighted by Gasteiger charge is 2.22. The number of hydrogen-bond acceptors (Lipinski definition) is 3. The first-order valence-electron chi connectivity index (χ1n) is 3.52. The van der Waals surface area contributed by atoms with E-state index in [4.69, 9.17) is 10.00 Å². The van der Waals surface area contributed by atoms with Gasteiger partial charge >= 0.3 is 5.97 Å². The maximum atomic E-state index is 11.0. The Kier molecular flexibility index (Phi) is 1.34. The zero-order valence-electron chi connectivity index (χ0n) is 6.20. The van der Waals surface area contributed by atoms with Crippen molar-refractivity contribution >= 4 is 5.97 Å². The molecule has 0 fully saturated rings. The van der Waals surface area contributed by atoms with Crippen LogP contribution < -0.4 is 0 Å². The smallest absolute Gasteiger partial charge is 0.338 e. The van der Waals surface area contributed by atoms with E-state index >= 15 is 0 Å². The highest BCUT2D eigenvalue weighted by molar-refractivity contribution is 5.94. The average Bonchev–Trinajstić information content (AvgIpc) is 2.48. The fraction of sp³-hybridized carbons (Fsp3) is 0.111. The van der Waals surface area contributed by atoms with Crippen LogP contribution >= 0.6 is 0 Å². The summed E-state index contributed by atoms with van der Waals surface area (Å²) in [4.78, 5) is 11.0. The third-order valence-corrected chi connectivity index (χ3v) is 1.86. The first-order valence-corrected chi connectivity index (χ1v) is 3.52. The van der Waals surface area contributed by atoms with Crippen LogP contribution in [-0.4, -0.2) is 5.97 Å². The Morgan fingerprint density at radius 2 is 2.33 bits per heavy atom. The Hall–Kier alpha value is -1.82. The quantitative estimate of drug-likeness (QED) is 0.535. The van der Waals surface area contributed by atoms with E-state index in [-0.39, 0.29) is 12.6 Å². The van der Waals surface area contributed by atoms with Crippen molar-refractivity contribution in [2.24, 2.45) is 0 Å². The monoisotopic (exact) mass is 159 g/mol. The lowest BCUT2D eigenvalue weighted by Crippen LogP contribution is -1.93. The summed E-state index contributed by atoms with van der Waals surface area (Å²) < 4.78 is 4.78. The largest absolute Gasteiger partial charge is 0.457 e. The van der Waals surface area contributed by atoms with E-state index in [0.29, 0.717) is 16.7 Å². The molecule has 1 aromatic rings. The van der Waals surface area contributed by atoms with Crippen LogP contribution in [0.2, 0.25) is 0 Å². The number of nitrogens with zero attached hydrogens (tertiary/aromatic N) is 1. The molecule has 1 aromatic carbocycles. The summed E-state index contributed by atoms with van der Waals surface area (Å²) in [6.45, 7) is 0.234. The van der Waals surface area contributed by atoms with Gasteiger partial charge in [0.15, 0.2) is 0 Å². The van der Waals surface area contributed by atoms with Crippen LogP contribution in [0, 0.1) is 11.3 Å². The van der Waals surface area contributed by atoms with Crippen molar-refractivity contribution in [3.05, 3.63) is 34.9 Å². The molecule has 3 heteroatoms. The molecule has 1 aliphatic heterocycles. The molecule has 58 valence electrons. The van der Waals surface area contributed by atoms with E-state index in [1.165, 1.54) is 0 Å². The number of nitriles is 1. The van der Waals surface area contributed by atoms with Crippen molar-refractivity contribution in [3.63, 3.8) is 0 Å². The number of rotatable bonds is 0. The summed E-state index contributed by atoms with van der Waals surface area (Å²) in [5, 5.41) is 8.67. The Balaban J connectivity index is 2.68. The fourth-order valence-electron chi connectivity index (χ4n) is 1.25. The molecule has 0 aliphatic carbocycles. The lowest BCUT2D eigenvalue weighted by atomic mass is 10.0. The van der Waals surface area contributed by atoms with E-state index in [1.807, 2.05) is 6.07 Å². The fourth-order valence-corrected chi connectivity index (χ4v) is 1.25. The Bertz CT molecular complexity index is 390. The molecule has 0 radical (unpaired) electrons. The molecule has 0 atom stereocenters. The molecule has 1 aliphatic rings. The van der Waals surface area contributed by atoms with E-state index in [9.17, 15) is 4.79 Å². The second-order valence-corrected chi connectivity index (χ2v) is 2.52. The highest BCUT2D eigenvalue weighted by atomic mass is 16.5. The van der Waals surface area contributed by atoms with E-state index in [0.717, 1.165) is 0 Å². The van der Waals surface area contributed by atoms with Gasteiger partial charge in [-0.2, -0.15) is 5.26 Å². The standard InChI is InChI=1S/C9H5NO2/c10-4-6-2-1-3-7-8(6)5-12-9(7)11/h1-3H,5H2. The minimum Gasteiger partial charge on any atom is -0.457 e. The van der Waals surface area contributed by atoms with Crippen LogP contribution in [0.4, 0.5) is 0 Å².